The van der Waals surface area contributed by atoms with E-state index in [2.05, 4.69) is 4.74 Å². The second kappa shape index (κ2) is 4.79. The third kappa shape index (κ3) is 2.51. The first kappa shape index (κ1) is 12.9. The van der Waals surface area contributed by atoms with Gasteiger partial charge >= 0.3 is 11.9 Å². The molecule has 1 atom stereocenters. The van der Waals surface area contributed by atoms with Crippen LogP contribution in [0.15, 0.2) is 12.1 Å². The van der Waals surface area contributed by atoms with Crippen LogP contribution in [0.3, 0.4) is 0 Å². The predicted octanol–water partition coefficient (Wildman–Crippen LogP) is 0.402. The van der Waals surface area contributed by atoms with Gasteiger partial charge in [0.2, 0.25) is 0 Å². The van der Waals surface area contributed by atoms with E-state index in [9.17, 15) is 19.1 Å². The smallest absolute Gasteiger partial charge is 0.335 e. The van der Waals surface area contributed by atoms with Crippen LogP contribution in [0.5, 0.6) is 5.75 Å². The van der Waals surface area contributed by atoms with Crippen LogP contribution < -0.4 is 5.73 Å². The summed E-state index contributed by atoms with van der Waals surface area (Å²) >= 11 is 0. The normalized spacial score (nSPS) is 11.9. The molecule has 0 aliphatic rings. The highest BCUT2D eigenvalue weighted by atomic mass is 19.1. The van der Waals surface area contributed by atoms with Crippen molar-refractivity contribution >= 4 is 11.9 Å². The number of esters is 1. The molecule has 1 rings (SSSR count). The number of hydrogen-bond acceptors (Lipinski definition) is 5. The number of hydrogen-bond donors (Lipinski definition) is 3. The zero-order valence-electron chi connectivity index (χ0n) is 8.81. The standard InChI is InChI=1S/C10H10FNO5/c1-17-10(16)7(12)5-2-4(9(14)15)3-6(11)8(5)13/h2-3,7,13H,12H2,1H3,(H,14,15)/t7-/m1/s1. The van der Waals surface area contributed by atoms with Gasteiger partial charge < -0.3 is 20.7 Å². The molecule has 1 aromatic rings. The fourth-order valence-corrected chi connectivity index (χ4v) is 1.23. The Morgan fingerprint density at radius 1 is 1.47 bits per heavy atom. The van der Waals surface area contributed by atoms with E-state index < -0.39 is 35.1 Å². The summed E-state index contributed by atoms with van der Waals surface area (Å²) in [4.78, 5) is 21.8. The quantitative estimate of drug-likeness (QED) is 0.663. The lowest BCUT2D eigenvalue weighted by Crippen LogP contribution is -2.23. The number of aromatic hydroxyl groups is 1. The van der Waals surface area contributed by atoms with Crippen LogP contribution in [0.4, 0.5) is 4.39 Å². The monoisotopic (exact) mass is 243 g/mol. The Balaban J connectivity index is 3.31. The molecule has 0 aromatic heterocycles. The maximum Gasteiger partial charge on any atom is 0.335 e. The summed E-state index contributed by atoms with van der Waals surface area (Å²) in [6, 6.07) is 0.0989. The van der Waals surface area contributed by atoms with Gasteiger partial charge in [-0.2, -0.15) is 0 Å². The van der Waals surface area contributed by atoms with Crippen LogP contribution >= 0.6 is 0 Å². The number of nitrogens with two attached hydrogens (primary N) is 1. The fourth-order valence-electron chi connectivity index (χ4n) is 1.23. The van der Waals surface area contributed by atoms with Crippen molar-refractivity contribution in [2.45, 2.75) is 6.04 Å². The van der Waals surface area contributed by atoms with Gasteiger partial charge in [0.05, 0.1) is 12.7 Å². The number of rotatable bonds is 3. The largest absolute Gasteiger partial charge is 0.505 e. The number of phenols is 1. The molecular weight excluding hydrogens is 233 g/mol. The first-order valence-electron chi connectivity index (χ1n) is 4.47. The molecule has 0 fully saturated rings. The van der Waals surface area contributed by atoms with Crippen molar-refractivity contribution in [3.8, 4) is 5.75 Å². The lowest BCUT2D eigenvalue weighted by molar-refractivity contribution is -0.142. The lowest BCUT2D eigenvalue weighted by Gasteiger charge is -2.12. The van der Waals surface area contributed by atoms with Crippen LogP contribution in [0.2, 0.25) is 0 Å². The van der Waals surface area contributed by atoms with Crippen molar-refractivity contribution in [3.63, 3.8) is 0 Å². The van der Waals surface area contributed by atoms with Crippen LogP contribution in [-0.4, -0.2) is 29.3 Å². The van der Waals surface area contributed by atoms with Crippen LogP contribution in [0.25, 0.3) is 0 Å². The molecule has 0 aliphatic heterocycles. The number of ether oxygens (including phenoxy) is 1. The van der Waals surface area contributed by atoms with Gasteiger partial charge in [-0.3, -0.25) is 4.79 Å². The van der Waals surface area contributed by atoms with Crippen LogP contribution in [-0.2, 0) is 9.53 Å². The molecule has 1 aromatic carbocycles. The molecule has 4 N–H and O–H groups in total. The summed E-state index contributed by atoms with van der Waals surface area (Å²) in [5.41, 5.74) is 4.63. The zero-order valence-corrected chi connectivity index (χ0v) is 8.81. The molecule has 0 bridgehead atoms. The number of methoxy groups -OCH3 is 1. The number of carboxylic acids is 1. The molecule has 6 nitrogen and oxygen atoms in total. The Morgan fingerprint density at radius 2 is 2.06 bits per heavy atom. The first-order chi connectivity index (χ1) is 7.88. The highest BCUT2D eigenvalue weighted by Crippen LogP contribution is 2.28. The van der Waals surface area contributed by atoms with E-state index >= 15 is 0 Å². The van der Waals surface area contributed by atoms with Crippen molar-refractivity contribution < 1.29 is 28.9 Å². The molecule has 0 unspecified atom stereocenters. The number of benzene rings is 1. The van der Waals surface area contributed by atoms with Gasteiger partial charge in [-0.05, 0) is 12.1 Å². The second-order valence-corrected chi connectivity index (χ2v) is 3.20. The maximum atomic E-state index is 13.2. The maximum absolute atomic E-state index is 13.2. The summed E-state index contributed by atoms with van der Waals surface area (Å²) in [6.45, 7) is 0. The summed E-state index contributed by atoms with van der Waals surface area (Å²) < 4.78 is 17.5. The Labute approximate surface area is 95.4 Å². The third-order valence-electron chi connectivity index (χ3n) is 2.13. The Morgan fingerprint density at radius 3 is 2.53 bits per heavy atom. The number of aromatic carboxylic acids is 1. The summed E-state index contributed by atoms with van der Waals surface area (Å²) in [5, 5.41) is 18.1. The average molecular weight is 243 g/mol. The molecule has 17 heavy (non-hydrogen) atoms. The summed E-state index contributed by atoms with van der Waals surface area (Å²) in [5.74, 6) is -4.35. The molecule has 0 radical (unpaired) electrons. The van der Waals surface area contributed by atoms with Crippen molar-refractivity contribution in [2.75, 3.05) is 7.11 Å². The fraction of sp³-hybridized carbons (Fsp3) is 0.200. The average Bonchev–Trinajstić information content (AvgIpc) is 2.30. The van der Waals surface area contributed by atoms with E-state index in [1.165, 1.54) is 0 Å². The zero-order chi connectivity index (χ0) is 13.2. The molecule has 0 saturated heterocycles. The number of phenolic OH excluding ortho intramolecular Hbond substituents is 1. The van der Waals surface area contributed by atoms with Crippen LogP contribution in [0, 0.1) is 5.82 Å². The number of carbonyl (C=O) groups excluding carboxylic acids is 1. The van der Waals surface area contributed by atoms with Crippen molar-refractivity contribution in [2.24, 2.45) is 5.73 Å². The van der Waals surface area contributed by atoms with Gasteiger partial charge in [0, 0.05) is 5.56 Å². The molecule has 0 heterocycles. The number of carbonyl (C=O) groups is 2. The van der Waals surface area contributed by atoms with E-state index in [1.807, 2.05) is 0 Å². The van der Waals surface area contributed by atoms with Gasteiger partial charge in [0.25, 0.3) is 0 Å². The Bertz CT molecular complexity index is 474. The molecule has 0 aliphatic carbocycles. The van der Waals surface area contributed by atoms with E-state index in [4.69, 9.17) is 10.8 Å². The van der Waals surface area contributed by atoms with Gasteiger partial charge in [-0.1, -0.05) is 0 Å². The van der Waals surface area contributed by atoms with E-state index in [-0.39, 0.29) is 5.56 Å². The van der Waals surface area contributed by atoms with Crippen molar-refractivity contribution in [1.82, 2.24) is 0 Å². The SMILES string of the molecule is COC(=O)[C@H](N)c1cc(C(=O)O)cc(F)c1O. The topological polar surface area (TPSA) is 110 Å². The number of halogens is 1. The minimum atomic E-state index is -1.45. The molecule has 92 valence electrons. The van der Waals surface area contributed by atoms with Gasteiger partial charge in [-0.15, -0.1) is 0 Å². The van der Waals surface area contributed by atoms with Gasteiger partial charge in [0.15, 0.2) is 11.6 Å². The minimum absolute atomic E-state index is 0.339. The Hall–Kier alpha value is -2.15. The predicted molar refractivity (Wildman–Crippen MR) is 54.0 cm³/mol. The Kier molecular flexibility index (Phi) is 3.64. The summed E-state index contributed by atoms with van der Waals surface area (Å²) in [7, 11) is 1.07. The second-order valence-electron chi connectivity index (χ2n) is 3.20. The van der Waals surface area contributed by atoms with Crippen molar-refractivity contribution in [3.05, 3.63) is 29.1 Å². The van der Waals surface area contributed by atoms with Gasteiger partial charge in [-0.25, -0.2) is 9.18 Å². The highest BCUT2D eigenvalue weighted by molar-refractivity contribution is 5.89. The summed E-state index contributed by atoms with van der Waals surface area (Å²) in [6.07, 6.45) is 0. The minimum Gasteiger partial charge on any atom is -0.505 e. The molecular formula is C10H10FNO5. The van der Waals surface area contributed by atoms with Gasteiger partial charge in [0.1, 0.15) is 6.04 Å². The van der Waals surface area contributed by atoms with Crippen molar-refractivity contribution in [1.29, 1.82) is 0 Å². The first-order valence-corrected chi connectivity index (χ1v) is 4.47. The molecule has 0 spiro atoms. The van der Waals surface area contributed by atoms with E-state index in [1.54, 1.807) is 0 Å². The number of carboxylic acid groups (broad SMARTS) is 1. The molecule has 7 heteroatoms. The lowest BCUT2D eigenvalue weighted by atomic mass is 10.0. The van der Waals surface area contributed by atoms with E-state index in [0.29, 0.717) is 6.07 Å². The van der Waals surface area contributed by atoms with E-state index in [0.717, 1.165) is 13.2 Å². The molecule has 0 saturated carbocycles. The third-order valence-corrected chi connectivity index (χ3v) is 2.13. The highest BCUT2D eigenvalue weighted by Gasteiger charge is 2.24. The molecule has 0 amide bonds. The van der Waals surface area contributed by atoms with Crippen LogP contribution in [0.1, 0.15) is 22.0 Å².